The molecule has 0 aliphatic carbocycles. The molecule has 23 heteroatoms. The zero-order chi connectivity index (χ0) is 31.9. The van der Waals surface area contributed by atoms with Crippen molar-refractivity contribution in [2.45, 2.75) is 0 Å². The first-order chi connectivity index (χ1) is 17.1. The molecule has 0 saturated carbocycles. The molecule has 38 heavy (non-hydrogen) atoms. The topological polar surface area (TPSA) is 162 Å². The Kier molecular flexibility index (Phi) is 34.6. The van der Waals surface area contributed by atoms with Crippen LogP contribution in [0.4, 0.5) is 0 Å². The molecule has 0 atom stereocenters. The molecule has 0 radical (unpaired) electrons. The van der Waals surface area contributed by atoms with Gasteiger partial charge in [-0.2, -0.15) is 0 Å². The van der Waals surface area contributed by atoms with E-state index < -0.39 is 35.3 Å². The van der Waals surface area contributed by atoms with Crippen molar-refractivity contribution in [1.82, 2.24) is 4.67 Å². The number of hydrogen-bond acceptors (Lipinski definition) is 17. The highest BCUT2D eigenvalue weighted by atomic mass is 32.9. The van der Waals surface area contributed by atoms with E-state index in [1.54, 1.807) is 14.1 Å². The van der Waals surface area contributed by atoms with Gasteiger partial charge in [0, 0.05) is 84.9 Å². The van der Waals surface area contributed by atoms with Crippen molar-refractivity contribution in [2.24, 2.45) is 0 Å². The predicted molar refractivity (Wildman–Crippen MR) is 162 cm³/mol. The molecule has 0 aliphatic rings. The Balaban J connectivity index is -0.000000120. The molecule has 0 aromatic rings. The van der Waals surface area contributed by atoms with Crippen molar-refractivity contribution in [3.8, 4) is 0 Å². The second-order valence-electron chi connectivity index (χ2n) is 5.60. The van der Waals surface area contributed by atoms with Gasteiger partial charge in [0.2, 0.25) is 7.57 Å². The maximum Gasteiger partial charge on any atom is 0.407 e. The third-order valence-corrected chi connectivity index (χ3v) is 12.7. The third kappa shape index (κ3) is 30.8. The molecular weight excluding hydrogens is 669 g/mol. The summed E-state index contributed by atoms with van der Waals surface area (Å²) in [4.78, 5) is 10.3. The summed E-state index contributed by atoms with van der Waals surface area (Å²) in [5, 5.41) is 0. The van der Waals surface area contributed by atoms with Crippen LogP contribution in [0.15, 0.2) is 0 Å². The number of nitrogens with zero attached hydrogens (tertiary/aromatic N) is 1. The lowest BCUT2D eigenvalue weighted by Gasteiger charge is -2.22. The fourth-order valence-electron chi connectivity index (χ4n) is 0.848. The zero-order valence-corrected chi connectivity index (χ0v) is 31.3. The van der Waals surface area contributed by atoms with Crippen LogP contribution in [0.25, 0.3) is 0 Å². The standard InChI is InChI=1S/C4H12NO3P.C4H11O3P.C3H9O3P.C2H7O3PS.C2H7O2PS2/c1-5(2)9(6,7-3)8-4;1-5-8(4,6-2)7-3;1-5-7(3,4)6-2;1-4-6(3,7)5-2;1-3-5(6,7)4-2/h1-4H3;4H2,1-3H3;1-3H3;1-2H3,(H,3,7);1-2H3,(H,6,7)/p-2. The van der Waals surface area contributed by atoms with E-state index in [0.29, 0.717) is 0 Å². The van der Waals surface area contributed by atoms with Gasteiger partial charge in [-0.3, -0.25) is 13.6 Å². The van der Waals surface area contributed by atoms with Crippen molar-refractivity contribution in [2.75, 3.05) is 99.0 Å². The number of hydrogen-bond donors (Lipinski definition) is 0. The van der Waals surface area contributed by atoms with Gasteiger partial charge in [-0.25, -0.2) is 9.24 Å². The van der Waals surface area contributed by atoms with Crippen LogP contribution in [0.5, 0.6) is 0 Å². The van der Waals surface area contributed by atoms with Gasteiger partial charge in [0.05, 0.1) is 5.69 Å². The van der Waals surface area contributed by atoms with Crippen molar-refractivity contribution >= 4 is 77.5 Å². The van der Waals surface area contributed by atoms with E-state index in [-0.39, 0.29) is 0 Å². The lowest BCUT2D eigenvalue weighted by Crippen LogP contribution is -2.10. The van der Waals surface area contributed by atoms with Crippen LogP contribution in [0.3, 0.4) is 0 Å². The van der Waals surface area contributed by atoms with Crippen LogP contribution in [0.2, 0.25) is 0 Å². The SMILES string of the molecule is C=P(OC)(OC)OC.COP(=O)(OC)N(C)C.COP(=S)([S-])OC.COP(C)(=O)OC.COP([O-])(=S)OC. The summed E-state index contributed by atoms with van der Waals surface area (Å²) in [6.07, 6.45) is 3.57. The Morgan fingerprint density at radius 2 is 0.921 bits per heavy atom. The number of rotatable bonds is 12. The summed E-state index contributed by atoms with van der Waals surface area (Å²) in [7, 11) is 10.9. The first-order valence-corrected chi connectivity index (χ1v) is 20.9. The lowest BCUT2D eigenvalue weighted by atomic mass is 11.3. The van der Waals surface area contributed by atoms with E-state index in [9.17, 15) is 14.0 Å². The minimum atomic E-state index is -3.07. The minimum Gasteiger partial charge on any atom is -0.780 e. The highest BCUT2D eigenvalue weighted by molar-refractivity contribution is 8.51. The minimum absolute atomic E-state index is 1.25. The van der Waals surface area contributed by atoms with Crippen LogP contribution in [0.1, 0.15) is 0 Å². The van der Waals surface area contributed by atoms with E-state index in [4.69, 9.17) is 13.6 Å². The zero-order valence-electron chi connectivity index (χ0n) is 24.3. The molecule has 0 heterocycles. The Morgan fingerprint density at radius 1 is 0.632 bits per heavy atom. The predicted octanol–water partition coefficient (Wildman–Crippen LogP) is 4.09. The van der Waals surface area contributed by atoms with Crippen LogP contribution in [-0.4, -0.2) is 110 Å². The molecular formula is C15H44NO14P5S3-2. The summed E-state index contributed by atoms with van der Waals surface area (Å²) >= 11 is 13.5. The van der Waals surface area contributed by atoms with Gasteiger partial charge in [-0.1, -0.05) is 23.6 Å². The van der Waals surface area contributed by atoms with E-state index >= 15 is 0 Å². The third-order valence-electron chi connectivity index (χ3n) is 3.34. The molecule has 0 amide bonds. The van der Waals surface area contributed by atoms with Gasteiger partial charge < -0.3 is 57.9 Å². The summed E-state index contributed by atoms with van der Waals surface area (Å²) in [5.74, 6) is 0. The van der Waals surface area contributed by atoms with Crippen molar-refractivity contribution in [3.05, 3.63) is 0 Å². The molecule has 0 bridgehead atoms. The van der Waals surface area contributed by atoms with Gasteiger partial charge in [0.25, 0.3) is 0 Å². The molecule has 0 aromatic heterocycles. The Hall–Kier alpha value is 1.89. The fourth-order valence-corrected chi connectivity index (χ4v) is 2.55. The molecule has 0 aliphatic heterocycles. The maximum atomic E-state index is 11.1. The smallest absolute Gasteiger partial charge is 0.407 e. The normalized spacial score (nSPS) is 12.0. The summed E-state index contributed by atoms with van der Waals surface area (Å²) < 4.78 is 73.2. The van der Waals surface area contributed by atoms with Gasteiger partial charge in [-0.15, -0.1) is 0 Å². The molecule has 0 N–H and O–H groups in total. The summed E-state index contributed by atoms with van der Waals surface area (Å²) in [5.41, 5.74) is -2.24. The molecule has 0 aromatic carbocycles. The maximum absolute atomic E-state index is 11.1. The summed E-state index contributed by atoms with van der Waals surface area (Å²) in [6.45, 7) is -1.66. The average molecular weight is 714 g/mol. The monoisotopic (exact) mass is 713 g/mol. The van der Waals surface area contributed by atoms with Crippen molar-refractivity contribution < 1.29 is 63.8 Å². The fraction of sp³-hybridized carbons (Fsp3) is 0.933. The molecule has 0 unspecified atom stereocenters. The van der Waals surface area contributed by atoms with Crippen LogP contribution in [0, 0.1) is 0 Å². The average Bonchev–Trinajstić information content (AvgIpc) is 2.93. The van der Waals surface area contributed by atoms with Gasteiger partial charge >= 0.3 is 15.3 Å². The van der Waals surface area contributed by atoms with Gasteiger partial charge in [-0.05, 0) is 20.4 Å². The molecule has 0 saturated heterocycles. The van der Waals surface area contributed by atoms with Gasteiger partial charge in [0.15, 0.2) is 0 Å². The molecule has 15 nitrogen and oxygen atoms in total. The largest absolute Gasteiger partial charge is 0.780 e. The van der Waals surface area contributed by atoms with Crippen molar-refractivity contribution in [1.29, 1.82) is 0 Å². The highest BCUT2D eigenvalue weighted by Gasteiger charge is 2.23. The molecule has 0 rings (SSSR count). The van der Waals surface area contributed by atoms with E-state index in [1.807, 2.05) is 0 Å². The Labute approximate surface area is 244 Å². The van der Waals surface area contributed by atoms with Crippen LogP contribution < -0.4 is 4.89 Å². The van der Waals surface area contributed by atoms with Gasteiger partial charge in [0.1, 0.15) is 6.72 Å². The molecule has 238 valence electrons. The molecule has 0 spiro atoms. The van der Waals surface area contributed by atoms with Crippen LogP contribution in [-0.2, 0) is 94.8 Å². The highest BCUT2D eigenvalue weighted by Crippen LogP contribution is 2.48. The first kappa shape index (κ1) is 49.6. The first-order valence-electron chi connectivity index (χ1n) is 9.45. The quantitative estimate of drug-likeness (QED) is 0.210. The second-order valence-corrected chi connectivity index (χ2v) is 20.8. The van der Waals surface area contributed by atoms with Crippen molar-refractivity contribution in [3.63, 3.8) is 0 Å². The Bertz CT molecular complexity index is 699. The lowest BCUT2D eigenvalue weighted by molar-refractivity contribution is -0.201. The molecule has 0 fully saturated rings. The Morgan fingerprint density at radius 3 is 0.921 bits per heavy atom. The van der Waals surface area contributed by atoms with E-state index in [1.165, 1.54) is 89.5 Å². The summed E-state index contributed by atoms with van der Waals surface area (Å²) in [6, 6.07) is 0. The van der Waals surface area contributed by atoms with Crippen LogP contribution >= 0.6 is 35.3 Å². The second kappa shape index (κ2) is 26.5. The van der Waals surface area contributed by atoms with E-state index in [2.05, 4.69) is 78.4 Å². The van der Waals surface area contributed by atoms with E-state index in [0.717, 1.165) is 0 Å².